The summed E-state index contributed by atoms with van der Waals surface area (Å²) in [5.74, 6) is -0.356. The van der Waals surface area contributed by atoms with E-state index in [0.717, 1.165) is 17.8 Å². The minimum Gasteiger partial charge on any atom is -0.455 e. The molecule has 1 rings (SSSR count). The Labute approximate surface area is 87.1 Å². The van der Waals surface area contributed by atoms with E-state index in [1.54, 1.807) is 0 Å². The van der Waals surface area contributed by atoms with Crippen LogP contribution in [0.15, 0.2) is 6.20 Å². The molecular weight excluding hydrogens is 200 g/mol. The summed E-state index contributed by atoms with van der Waals surface area (Å²) in [6.07, 6.45) is 2.21. The van der Waals surface area contributed by atoms with Crippen LogP contribution in [0.4, 0.5) is 5.13 Å². The SMILES string of the molecule is CCC(C)(C)OC(=O)c1cnc(N)s1. The van der Waals surface area contributed by atoms with Crippen LogP contribution in [0.25, 0.3) is 0 Å². The zero-order chi connectivity index (χ0) is 10.8. The number of carbonyl (C=O) groups is 1. The Morgan fingerprint density at radius 2 is 2.36 bits per heavy atom. The highest BCUT2D eigenvalue weighted by molar-refractivity contribution is 7.17. The molecule has 0 amide bonds. The fourth-order valence-electron chi connectivity index (χ4n) is 0.755. The summed E-state index contributed by atoms with van der Waals surface area (Å²) in [5.41, 5.74) is 4.98. The first kappa shape index (κ1) is 11.0. The zero-order valence-corrected chi connectivity index (χ0v) is 9.35. The summed E-state index contributed by atoms with van der Waals surface area (Å²) in [5, 5.41) is 0.381. The second-order valence-corrected chi connectivity index (χ2v) is 4.63. The first-order chi connectivity index (χ1) is 6.44. The van der Waals surface area contributed by atoms with Gasteiger partial charge in [-0.1, -0.05) is 18.3 Å². The fraction of sp³-hybridized carbons (Fsp3) is 0.556. The number of carbonyl (C=O) groups excluding carboxylic acids is 1. The van der Waals surface area contributed by atoms with Gasteiger partial charge in [-0.3, -0.25) is 0 Å². The Kier molecular flexibility index (Phi) is 3.10. The molecule has 0 radical (unpaired) electrons. The lowest BCUT2D eigenvalue weighted by Gasteiger charge is -2.22. The minimum absolute atomic E-state index is 0.356. The van der Waals surface area contributed by atoms with Crippen LogP contribution in [0.5, 0.6) is 0 Å². The number of hydrogen-bond donors (Lipinski definition) is 1. The van der Waals surface area contributed by atoms with Gasteiger partial charge in [0.25, 0.3) is 0 Å². The van der Waals surface area contributed by atoms with Crippen LogP contribution in [-0.2, 0) is 4.74 Å². The van der Waals surface area contributed by atoms with Crippen LogP contribution in [0, 0.1) is 0 Å². The Hall–Kier alpha value is -1.10. The lowest BCUT2D eigenvalue weighted by atomic mass is 10.1. The second-order valence-electron chi connectivity index (χ2n) is 3.57. The van der Waals surface area contributed by atoms with E-state index in [4.69, 9.17) is 10.5 Å². The Morgan fingerprint density at radius 3 is 2.79 bits per heavy atom. The van der Waals surface area contributed by atoms with Gasteiger partial charge < -0.3 is 10.5 Å². The molecule has 0 aliphatic heterocycles. The lowest BCUT2D eigenvalue weighted by Crippen LogP contribution is -2.26. The number of nitrogens with two attached hydrogens (primary N) is 1. The third-order valence-corrected chi connectivity index (χ3v) is 2.75. The molecule has 0 fully saturated rings. The molecule has 0 atom stereocenters. The van der Waals surface area contributed by atoms with E-state index in [1.807, 2.05) is 20.8 Å². The van der Waals surface area contributed by atoms with Gasteiger partial charge in [0.05, 0.1) is 6.20 Å². The van der Waals surface area contributed by atoms with Gasteiger partial charge in [-0.2, -0.15) is 0 Å². The molecule has 0 aliphatic carbocycles. The summed E-state index contributed by atoms with van der Waals surface area (Å²) in [7, 11) is 0. The maximum absolute atomic E-state index is 11.5. The van der Waals surface area contributed by atoms with Gasteiger partial charge in [-0.25, -0.2) is 9.78 Å². The van der Waals surface area contributed by atoms with Crippen LogP contribution >= 0.6 is 11.3 Å². The highest BCUT2D eigenvalue weighted by atomic mass is 32.1. The van der Waals surface area contributed by atoms with Crippen molar-refractivity contribution in [3.8, 4) is 0 Å². The number of hydrogen-bond acceptors (Lipinski definition) is 5. The molecule has 1 aromatic heterocycles. The van der Waals surface area contributed by atoms with Crippen molar-refractivity contribution in [1.82, 2.24) is 4.98 Å². The number of anilines is 1. The fourth-order valence-corrected chi connectivity index (χ4v) is 1.32. The predicted octanol–water partition coefficient (Wildman–Crippen LogP) is 2.07. The maximum Gasteiger partial charge on any atom is 0.350 e. The second kappa shape index (κ2) is 3.96. The molecular formula is C9H14N2O2S. The van der Waals surface area contributed by atoms with Crippen LogP contribution in [0.3, 0.4) is 0 Å². The van der Waals surface area contributed by atoms with E-state index >= 15 is 0 Å². The zero-order valence-electron chi connectivity index (χ0n) is 8.53. The number of aromatic nitrogens is 1. The molecule has 0 unspecified atom stereocenters. The molecule has 0 saturated heterocycles. The van der Waals surface area contributed by atoms with Crippen molar-refractivity contribution < 1.29 is 9.53 Å². The number of rotatable bonds is 3. The standard InChI is InChI=1S/C9H14N2O2S/c1-4-9(2,3)13-7(12)6-5-11-8(10)14-6/h5H,4H2,1-3H3,(H2,10,11). The van der Waals surface area contributed by atoms with Gasteiger partial charge in [0.15, 0.2) is 5.13 Å². The maximum atomic E-state index is 11.5. The number of nitrogen functional groups attached to an aromatic ring is 1. The highest BCUT2D eigenvalue weighted by Gasteiger charge is 2.22. The van der Waals surface area contributed by atoms with E-state index in [9.17, 15) is 4.79 Å². The van der Waals surface area contributed by atoms with Crippen molar-refractivity contribution in [2.45, 2.75) is 32.8 Å². The average Bonchev–Trinajstić information content (AvgIpc) is 2.51. The third kappa shape index (κ3) is 2.70. The van der Waals surface area contributed by atoms with E-state index in [0.29, 0.717) is 10.0 Å². The summed E-state index contributed by atoms with van der Waals surface area (Å²) in [6, 6.07) is 0. The molecule has 0 bridgehead atoms. The molecule has 0 saturated carbocycles. The van der Waals surface area contributed by atoms with Crippen LogP contribution in [0.1, 0.15) is 36.9 Å². The topological polar surface area (TPSA) is 65.2 Å². The van der Waals surface area contributed by atoms with E-state index in [2.05, 4.69) is 4.98 Å². The number of ether oxygens (including phenoxy) is 1. The van der Waals surface area contributed by atoms with Gasteiger partial charge in [0.1, 0.15) is 10.5 Å². The molecule has 14 heavy (non-hydrogen) atoms. The van der Waals surface area contributed by atoms with Gasteiger partial charge in [-0.15, -0.1) is 0 Å². The van der Waals surface area contributed by atoms with Crippen LogP contribution in [-0.4, -0.2) is 16.6 Å². The summed E-state index contributed by atoms with van der Waals surface area (Å²) >= 11 is 1.14. The first-order valence-corrected chi connectivity index (χ1v) is 5.21. The normalized spacial score (nSPS) is 11.4. The average molecular weight is 214 g/mol. The summed E-state index contributed by atoms with van der Waals surface area (Å²) in [4.78, 5) is 15.8. The Bertz CT molecular complexity index is 333. The predicted molar refractivity (Wildman–Crippen MR) is 56.3 cm³/mol. The van der Waals surface area contributed by atoms with Crippen molar-refractivity contribution in [1.29, 1.82) is 0 Å². The molecule has 0 spiro atoms. The monoisotopic (exact) mass is 214 g/mol. The smallest absolute Gasteiger partial charge is 0.350 e. The van der Waals surface area contributed by atoms with Gasteiger partial charge in [-0.05, 0) is 20.3 Å². The molecule has 0 aromatic carbocycles. The molecule has 1 aromatic rings. The van der Waals surface area contributed by atoms with Gasteiger partial charge >= 0.3 is 5.97 Å². The molecule has 78 valence electrons. The molecule has 5 heteroatoms. The minimum atomic E-state index is -0.435. The van der Waals surface area contributed by atoms with Crippen molar-refractivity contribution >= 4 is 22.4 Å². The van der Waals surface area contributed by atoms with Gasteiger partial charge in [0, 0.05) is 0 Å². The Morgan fingerprint density at radius 1 is 1.71 bits per heavy atom. The van der Waals surface area contributed by atoms with E-state index in [-0.39, 0.29) is 5.97 Å². The summed E-state index contributed by atoms with van der Waals surface area (Å²) in [6.45, 7) is 5.71. The Balaban J connectivity index is 2.68. The van der Waals surface area contributed by atoms with E-state index < -0.39 is 5.60 Å². The molecule has 1 heterocycles. The van der Waals surface area contributed by atoms with Crippen molar-refractivity contribution in [3.63, 3.8) is 0 Å². The highest BCUT2D eigenvalue weighted by Crippen LogP contribution is 2.20. The third-order valence-electron chi connectivity index (χ3n) is 1.95. The molecule has 2 N–H and O–H groups in total. The first-order valence-electron chi connectivity index (χ1n) is 4.39. The lowest BCUT2D eigenvalue weighted by molar-refractivity contribution is -0.00190. The van der Waals surface area contributed by atoms with Crippen LogP contribution < -0.4 is 5.73 Å². The number of esters is 1. The summed E-state index contributed by atoms with van der Waals surface area (Å²) < 4.78 is 5.26. The number of nitrogens with zero attached hydrogens (tertiary/aromatic N) is 1. The van der Waals surface area contributed by atoms with Gasteiger partial charge in [0.2, 0.25) is 0 Å². The molecule has 4 nitrogen and oxygen atoms in total. The van der Waals surface area contributed by atoms with Crippen LogP contribution in [0.2, 0.25) is 0 Å². The molecule has 0 aliphatic rings. The van der Waals surface area contributed by atoms with E-state index in [1.165, 1.54) is 6.20 Å². The van der Waals surface area contributed by atoms with Crippen molar-refractivity contribution in [3.05, 3.63) is 11.1 Å². The number of thiazole rings is 1. The van der Waals surface area contributed by atoms with Crippen molar-refractivity contribution in [2.24, 2.45) is 0 Å². The largest absolute Gasteiger partial charge is 0.455 e. The van der Waals surface area contributed by atoms with Crippen molar-refractivity contribution in [2.75, 3.05) is 5.73 Å². The quantitative estimate of drug-likeness (QED) is 0.782.